The predicted octanol–water partition coefficient (Wildman–Crippen LogP) is 2.99. The molecule has 0 saturated carbocycles. The van der Waals surface area contributed by atoms with Crippen molar-refractivity contribution in [2.45, 2.75) is 33.7 Å². The number of pyridine rings is 1. The molecule has 0 aromatic carbocycles. The van der Waals surface area contributed by atoms with Gasteiger partial charge in [-0.25, -0.2) is 4.98 Å². The average Bonchev–Trinajstić information content (AvgIpc) is 2.66. The third-order valence-electron chi connectivity index (χ3n) is 3.81. The molecule has 1 aliphatic rings. The number of nitrogens with one attached hydrogen (secondary N) is 1. The van der Waals surface area contributed by atoms with E-state index in [0.29, 0.717) is 0 Å². The first kappa shape index (κ1) is 13.3. The van der Waals surface area contributed by atoms with Gasteiger partial charge in [-0.15, -0.1) is 0 Å². The molecule has 0 aliphatic carbocycles. The van der Waals surface area contributed by atoms with E-state index >= 15 is 0 Å². The highest BCUT2D eigenvalue weighted by Crippen LogP contribution is 2.23. The zero-order valence-electron chi connectivity index (χ0n) is 11.8. The molecule has 0 bridgehead atoms. The molecule has 0 spiro atoms. The van der Waals surface area contributed by atoms with Crippen LogP contribution in [0.1, 0.15) is 32.9 Å². The van der Waals surface area contributed by atoms with E-state index in [9.17, 15) is 0 Å². The Morgan fingerprint density at radius 2 is 2.00 bits per heavy atom. The van der Waals surface area contributed by atoms with Gasteiger partial charge in [0.25, 0.3) is 0 Å². The van der Waals surface area contributed by atoms with E-state index in [-0.39, 0.29) is 0 Å². The maximum Gasteiger partial charge on any atom is 0.126 e. The van der Waals surface area contributed by atoms with Crippen LogP contribution in [-0.2, 0) is 6.54 Å². The smallest absolute Gasteiger partial charge is 0.126 e. The number of anilines is 1. The summed E-state index contributed by atoms with van der Waals surface area (Å²) < 4.78 is 0. The van der Waals surface area contributed by atoms with Crippen molar-refractivity contribution in [2.75, 3.05) is 25.0 Å². The maximum atomic E-state index is 4.67. The molecular formula is C15H25N3. The summed E-state index contributed by atoms with van der Waals surface area (Å²) in [6, 6.07) is 6.28. The lowest BCUT2D eigenvalue weighted by Gasteiger charge is -2.15. The molecule has 0 radical (unpaired) electrons. The molecule has 2 rings (SSSR count). The van der Waals surface area contributed by atoms with Gasteiger partial charge in [-0.05, 0) is 30.4 Å². The van der Waals surface area contributed by atoms with Crippen molar-refractivity contribution in [3.63, 3.8) is 0 Å². The molecule has 2 heterocycles. The fourth-order valence-electron chi connectivity index (χ4n) is 2.53. The van der Waals surface area contributed by atoms with Crippen molar-refractivity contribution >= 4 is 5.82 Å². The average molecular weight is 247 g/mol. The quantitative estimate of drug-likeness (QED) is 0.867. The summed E-state index contributed by atoms with van der Waals surface area (Å²) in [6.07, 6.45) is 1.13. The Morgan fingerprint density at radius 3 is 2.67 bits per heavy atom. The summed E-state index contributed by atoms with van der Waals surface area (Å²) in [5, 5.41) is 3.35. The molecule has 18 heavy (non-hydrogen) atoms. The Labute approximate surface area is 111 Å². The number of aromatic nitrogens is 1. The zero-order valence-corrected chi connectivity index (χ0v) is 11.8. The Balaban J connectivity index is 1.93. The van der Waals surface area contributed by atoms with Gasteiger partial charge in [-0.3, -0.25) is 4.90 Å². The van der Waals surface area contributed by atoms with Crippen molar-refractivity contribution in [1.29, 1.82) is 0 Å². The van der Waals surface area contributed by atoms with Gasteiger partial charge in [0.1, 0.15) is 5.82 Å². The molecule has 100 valence electrons. The third-order valence-corrected chi connectivity index (χ3v) is 3.81. The Morgan fingerprint density at radius 1 is 1.28 bits per heavy atom. The zero-order chi connectivity index (χ0) is 13.0. The fourth-order valence-corrected chi connectivity index (χ4v) is 2.53. The third kappa shape index (κ3) is 3.45. The molecule has 1 aliphatic heterocycles. The van der Waals surface area contributed by atoms with Crippen molar-refractivity contribution < 1.29 is 0 Å². The molecule has 2 unspecified atom stereocenters. The summed E-state index contributed by atoms with van der Waals surface area (Å²) in [7, 11) is 0. The predicted molar refractivity (Wildman–Crippen MR) is 76.6 cm³/mol. The molecule has 1 aromatic heterocycles. The van der Waals surface area contributed by atoms with Crippen LogP contribution in [0.25, 0.3) is 0 Å². The van der Waals surface area contributed by atoms with E-state index < -0.39 is 0 Å². The lowest BCUT2D eigenvalue weighted by Crippen LogP contribution is -2.21. The number of likely N-dealkylation sites (tertiary alicyclic amines) is 1. The molecular weight excluding hydrogens is 222 g/mol. The van der Waals surface area contributed by atoms with Crippen LogP contribution < -0.4 is 5.32 Å². The van der Waals surface area contributed by atoms with Crippen LogP contribution >= 0.6 is 0 Å². The largest absolute Gasteiger partial charge is 0.370 e. The highest BCUT2D eigenvalue weighted by atomic mass is 15.2. The van der Waals surface area contributed by atoms with Crippen LogP contribution in [0.2, 0.25) is 0 Å². The van der Waals surface area contributed by atoms with Crippen LogP contribution in [0.4, 0.5) is 5.82 Å². The number of hydrogen-bond donors (Lipinski definition) is 1. The van der Waals surface area contributed by atoms with Gasteiger partial charge < -0.3 is 5.32 Å². The molecule has 0 amide bonds. The molecule has 3 nitrogen and oxygen atoms in total. The fraction of sp³-hybridized carbons (Fsp3) is 0.667. The van der Waals surface area contributed by atoms with Crippen LogP contribution in [-0.4, -0.2) is 29.5 Å². The standard InChI is InChI=1S/C15H25N3/c1-4-8-16-15-7-5-6-14(17-15)11-18-9-12(2)13(3)10-18/h5-7,12-13H,4,8-11H2,1-3H3,(H,16,17). The van der Waals surface area contributed by atoms with Crippen LogP contribution in [0.15, 0.2) is 18.2 Å². The van der Waals surface area contributed by atoms with E-state index in [1.54, 1.807) is 0 Å². The van der Waals surface area contributed by atoms with Crippen LogP contribution in [0.3, 0.4) is 0 Å². The monoisotopic (exact) mass is 247 g/mol. The first-order chi connectivity index (χ1) is 8.69. The molecule has 1 aromatic rings. The minimum Gasteiger partial charge on any atom is -0.370 e. The van der Waals surface area contributed by atoms with Crippen LogP contribution in [0, 0.1) is 11.8 Å². The maximum absolute atomic E-state index is 4.67. The molecule has 3 heteroatoms. The summed E-state index contributed by atoms with van der Waals surface area (Å²) in [5.74, 6) is 2.63. The van der Waals surface area contributed by atoms with Gasteiger partial charge in [-0.2, -0.15) is 0 Å². The molecule has 1 N–H and O–H groups in total. The second-order valence-electron chi connectivity index (χ2n) is 5.59. The Bertz CT molecular complexity index is 368. The lowest BCUT2D eigenvalue weighted by atomic mass is 10.0. The van der Waals surface area contributed by atoms with E-state index in [2.05, 4.69) is 48.1 Å². The van der Waals surface area contributed by atoms with Gasteiger partial charge in [-0.1, -0.05) is 26.8 Å². The van der Waals surface area contributed by atoms with Gasteiger partial charge in [0.2, 0.25) is 0 Å². The number of rotatable bonds is 5. The van der Waals surface area contributed by atoms with Crippen molar-refractivity contribution in [2.24, 2.45) is 11.8 Å². The molecule has 2 atom stereocenters. The minimum atomic E-state index is 0.811. The second-order valence-corrected chi connectivity index (χ2v) is 5.59. The van der Waals surface area contributed by atoms with Gasteiger partial charge >= 0.3 is 0 Å². The van der Waals surface area contributed by atoms with Gasteiger partial charge in [0.15, 0.2) is 0 Å². The SMILES string of the molecule is CCCNc1cccc(CN2CC(C)C(C)C2)n1. The Kier molecular flexibility index (Phi) is 4.59. The first-order valence-electron chi connectivity index (χ1n) is 7.11. The number of hydrogen-bond acceptors (Lipinski definition) is 3. The van der Waals surface area contributed by atoms with E-state index in [1.165, 1.54) is 18.8 Å². The topological polar surface area (TPSA) is 28.2 Å². The number of nitrogens with zero attached hydrogens (tertiary/aromatic N) is 2. The summed E-state index contributed by atoms with van der Waals surface area (Å²) in [5.41, 5.74) is 1.18. The van der Waals surface area contributed by atoms with Crippen molar-refractivity contribution in [1.82, 2.24) is 9.88 Å². The van der Waals surface area contributed by atoms with Crippen LogP contribution in [0.5, 0.6) is 0 Å². The molecule has 1 saturated heterocycles. The van der Waals surface area contributed by atoms with Gasteiger partial charge in [0.05, 0.1) is 5.69 Å². The van der Waals surface area contributed by atoms with Gasteiger partial charge in [0, 0.05) is 26.2 Å². The molecule has 1 fully saturated rings. The van der Waals surface area contributed by atoms with E-state index in [1.807, 2.05) is 6.07 Å². The summed E-state index contributed by atoms with van der Waals surface area (Å²) >= 11 is 0. The van der Waals surface area contributed by atoms with Crippen molar-refractivity contribution in [3.05, 3.63) is 23.9 Å². The first-order valence-corrected chi connectivity index (χ1v) is 7.11. The lowest BCUT2D eigenvalue weighted by molar-refractivity contribution is 0.312. The Hall–Kier alpha value is -1.09. The minimum absolute atomic E-state index is 0.811. The van der Waals surface area contributed by atoms with Crippen molar-refractivity contribution in [3.8, 4) is 0 Å². The van der Waals surface area contributed by atoms with E-state index in [4.69, 9.17) is 0 Å². The summed E-state index contributed by atoms with van der Waals surface area (Å²) in [4.78, 5) is 7.19. The summed E-state index contributed by atoms with van der Waals surface area (Å²) in [6.45, 7) is 11.2. The second kappa shape index (κ2) is 6.19. The highest BCUT2D eigenvalue weighted by Gasteiger charge is 2.25. The van der Waals surface area contributed by atoms with E-state index in [0.717, 1.165) is 37.2 Å². The normalized spacial score (nSPS) is 24.4. The highest BCUT2D eigenvalue weighted by molar-refractivity contribution is 5.35.